The molecule has 3 heterocycles. The van der Waals surface area contributed by atoms with Gasteiger partial charge in [0.15, 0.2) is 0 Å². The number of hydrogen-bond acceptors (Lipinski definition) is 6. The lowest BCUT2D eigenvalue weighted by atomic mass is 9.92. The molecule has 0 unspecified atom stereocenters. The molecule has 3 aromatic heterocycles. The third kappa shape index (κ3) is 4.55. The number of nitrogens with zero attached hydrogens (tertiary/aromatic N) is 3. The van der Waals surface area contributed by atoms with Crippen LogP contribution in [0.1, 0.15) is 43.0 Å². The molecule has 7 nitrogen and oxygen atoms in total. The zero-order valence-corrected chi connectivity index (χ0v) is 18.3. The van der Waals surface area contributed by atoms with Crippen molar-refractivity contribution in [1.82, 2.24) is 19.9 Å². The van der Waals surface area contributed by atoms with Gasteiger partial charge in [-0.3, -0.25) is 9.78 Å². The first kappa shape index (κ1) is 21.0. The number of aryl methyl sites for hydroxylation is 1. The minimum Gasteiger partial charge on any atom is -0.382 e. The van der Waals surface area contributed by atoms with E-state index in [1.807, 2.05) is 18.3 Å². The summed E-state index contributed by atoms with van der Waals surface area (Å²) in [6.45, 7) is 4.13. The van der Waals surface area contributed by atoms with E-state index in [9.17, 15) is 4.79 Å². The summed E-state index contributed by atoms with van der Waals surface area (Å²) in [5.74, 6) is -0.0363. The van der Waals surface area contributed by atoms with Gasteiger partial charge in [-0.1, -0.05) is 0 Å². The van der Waals surface area contributed by atoms with E-state index in [1.54, 1.807) is 18.8 Å². The minimum absolute atomic E-state index is 0.0363. The average molecular weight is 429 g/mol. The van der Waals surface area contributed by atoms with Gasteiger partial charge in [0.2, 0.25) is 0 Å². The zero-order valence-electron chi connectivity index (χ0n) is 17.5. The normalized spacial score (nSPS) is 19.3. The number of thiazole rings is 1. The van der Waals surface area contributed by atoms with Crippen LogP contribution >= 0.6 is 11.3 Å². The van der Waals surface area contributed by atoms with Crippen molar-refractivity contribution in [2.45, 2.75) is 51.3 Å². The van der Waals surface area contributed by atoms with Gasteiger partial charge < -0.3 is 19.4 Å². The number of rotatable bonds is 8. The summed E-state index contributed by atoms with van der Waals surface area (Å²) >= 11 is 1.53. The number of amides is 1. The Morgan fingerprint density at radius 2 is 2.13 bits per heavy atom. The molecule has 160 valence electrons. The quantitative estimate of drug-likeness (QED) is 0.551. The van der Waals surface area contributed by atoms with Crippen molar-refractivity contribution in [1.29, 1.82) is 0 Å². The van der Waals surface area contributed by atoms with Crippen molar-refractivity contribution in [3.05, 3.63) is 35.6 Å². The van der Waals surface area contributed by atoms with Crippen LogP contribution in [0.5, 0.6) is 0 Å². The molecule has 1 fully saturated rings. The monoisotopic (exact) mass is 428 g/mol. The summed E-state index contributed by atoms with van der Waals surface area (Å²) in [6, 6.07) is 4.05. The first-order valence-corrected chi connectivity index (χ1v) is 11.4. The summed E-state index contributed by atoms with van der Waals surface area (Å²) in [6.07, 6.45) is 7.82. The Hall–Kier alpha value is -2.29. The fourth-order valence-corrected chi connectivity index (χ4v) is 4.59. The van der Waals surface area contributed by atoms with E-state index < -0.39 is 0 Å². The number of carbonyl (C=O) groups excluding carboxylic acids is 1. The number of fused-ring (bicyclic) bond motifs is 1. The van der Waals surface area contributed by atoms with E-state index in [1.165, 1.54) is 11.3 Å². The number of methoxy groups -OCH3 is 1. The molecule has 0 radical (unpaired) electrons. The first-order chi connectivity index (χ1) is 14.7. The largest absolute Gasteiger partial charge is 0.382 e. The van der Waals surface area contributed by atoms with Gasteiger partial charge in [-0.25, -0.2) is 4.98 Å². The second-order valence-electron chi connectivity index (χ2n) is 7.57. The lowest BCUT2D eigenvalue weighted by Crippen LogP contribution is -2.39. The maximum absolute atomic E-state index is 13.2. The molecule has 3 aromatic rings. The highest BCUT2D eigenvalue weighted by molar-refractivity contribution is 7.13. The van der Waals surface area contributed by atoms with E-state index in [-0.39, 0.29) is 18.1 Å². The number of pyridine rings is 1. The Kier molecular flexibility index (Phi) is 6.76. The number of carbonyl (C=O) groups is 1. The molecule has 0 aromatic carbocycles. The molecule has 1 aliphatic rings. The predicted molar refractivity (Wildman–Crippen MR) is 118 cm³/mol. The van der Waals surface area contributed by atoms with Crippen LogP contribution in [0.15, 0.2) is 30.0 Å². The van der Waals surface area contributed by atoms with E-state index in [0.29, 0.717) is 18.8 Å². The first-order valence-electron chi connectivity index (χ1n) is 10.5. The van der Waals surface area contributed by atoms with Gasteiger partial charge in [0, 0.05) is 37.5 Å². The molecule has 1 amide bonds. The molecular formula is C22H28N4O3S. The Morgan fingerprint density at radius 3 is 2.83 bits per heavy atom. The van der Waals surface area contributed by atoms with Crippen LogP contribution < -0.4 is 5.32 Å². The highest BCUT2D eigenvalue weighted by Crippen LogP contribution is 2.28. The Labute approximate surface area is 180 Å². The van der Waals surface area contributed by atoms with Gasteiger partial charge in [0.1, 0.15) is 5.65 Å². The third-order valence-corrected chi connectivity index (χ3v) is 6.45. The van der Waals surface area contributed by atoms with Crippen molar-refractivity contribution >= 4 is 28.3 Å². The van der Waals surface area contributed by atoms with Gasteiger partial charge in [-0.15, -0.1) is 11.3 Å². The van der Waals surface area contributed by atoms with Crippen LogP contribution in [0.25, 0.3) is 21.6 Å². The van der Waals surface area contributed by atoms with Crippen molar-refractivity contribution in [2.24, 2.45) is 0 Å². The summed E-state index contributed by atoms with van der Waals surface area (Å²) in [7, 11) is 1.68. The molecule has 0 atom stereocenters. The van der Waals surface area contributed by atoms with Crippen LogP contribution in [-0.4, -0.2) is 52.9 Å². The van der Waals surface area contributed by atoms with Gasteiger partial charge in [0.05, 0.1) is 41.0 Å². The molecule has 1 aliphatic carbocycles. The number of aromatic nitrogens is 3. The Morgan fingerprint density at radius 1 is 1.30 bits per heavy atom. The minimum atomic E-state index is -0.0363. The maximum atomic E-state index is 13.2. The van der Waals surface area contributed by atoms with Gasteiger partial charge in [0.25, 0.3) is 5.91 Å². The average Bonchev–Trinajstić information content (AvgIpc) is 3.44. The van der Waals surface area contributed by atoms with Crippen LogP contribution in [0, 0.1) is 0 Å². The molecule has 8 heteroatoms. The van der Waals surface area contributed by atoms with Crippen LogP contribution in [0.3, 0.4) is 0 Å². The second kappa shape index (κ2) is 9.68. The molecule has 1 N–H and O–H groups in total. The van der Waals surface area contributed by atoms with E-state index in [2.05, 4.69) is 21.8 Å². The lowest BCUT2D eigenvalue weighted by molar-refractivity contribution is -0.00408. The highest BCUT2D eigenvalue weighted by Gasteiger charge is 2.24. The summed E-state index contributed by atoms with van der Waals surface area (Å²) in [4.78, 5) is 23.2. The van der Waals surface area contributed by atoms with E-state index in [4.69, 9.17) is 14.5 Å². The predicted octanol–water partition coefficient (Wildman–Crippen LogP) is 3.88. The van der Waals surface area contributed by atoms with E-state index in [0.717, 1.165) is 53.8 Å². The lowest BCUT2D eigenvalue weighted by Gasteiger charge is -2.29. The third-order valence-electron chi connectivity index (χ3n) is 5.65. The van der Waals surface area contributed by atoms with E-state index >= 15 is 0 Å². The zero-order chi connectivity index (χ0) is 20.9. The van der Waals surface area contributed by atoms with Crippen LogP contribution in [0.2, 0.25) is 0 Å². The number of ether oxygens (including phenoxy) is 2. The van der Waals surface area contributed by atoms with Crippen molar-refractivity contribution in [3.8, 4) is 10.6 Å². The smallest absolute Gasteiger partial charge is 0.252 e. The molecular weight excluding hydrogens is 400 g/mol. The highest BCUT2D eigenvalue weighted by atomic mass is 32.1. The Balaban J connectivity index is 1.50. The SMILES string of the molecule is CCn1ccc2c(C(=O)NC3CCC(OCCOC)CC3)cc(-c3cncs3)nc21. The Bertz CT molecular complexity index is 978. The standard InChI is InChI=1S/C22H28N4O3S/c1-3-26-9-8-17-18(12-19(25-21(17)26)20-13-23-14-30-20)22(27)24-15-4-6-16(7-5-15)29-11-10-28-2/h8-9,12-16H,3-7,10-11H2,1-2H3,(H,24,27). The maximum Gasteiger partial charge on any atom is 0.252 e. The molecule has 1 saturated carbocycles. The summed E-state index contributed by atoms with van der Waals surface area (Å²) in [5.41, 5.74) is 4.09. The molecule has 0 saturated heterocycles. The summed E-state index contributed by atoms with van der Waals surface area (Å²) in [5, 5.41) is 4.13. The van der Waals surface area contributed by atoms with Crippen molar-refractivity contribution in [2.75, 3.05) is 20.3 Å². The fraction of sp³-hybridized carbons (Fsp3) is 0.500. The van der Waals surface area contributed by atoms with Crippen LogP contribution in [0.4, 0.5) is 0 Å². The number of hydrogen-bond donors (Lipinski definition) is 1. The molecule has 30 heavy (non-hydrogen) atoms. The van der Waals surface area contributed by atoms with Crippen molar-refractivity contribution in [3.63, 3.8) is 0 Å². The second-order valence-corrected chi connectivity index (χ2v) is 8.46. The fourth-order valence-electron chi connectivity index (χ4n) is 4.01. The number of nitrogens with one attached hydrogen (secondary N) is 1. The molecule has 0 spiro atoms. The van der Waals surface area contributed by atoms with Gasteiger partial charge in [-0.05, 0) is 44.7 Å². The van der Waals surface area contributed by atoms with Gasteiger partial charge in [-0.2, -0.15) is 0 Å². The molecule has 4 rings (SSSR count). The summed E-state index contributed by atoms with van der Waals surface area (Å²) < 4.78 is 13.0. The topological polar surface area (TPSA) is 78.3 Å². The van der Waals surface area contributed by atoms with Gasteiger partial charge >= 0.3 is 0 Å². The molecule has 0 aliphatic heterocycles. The van der Waals surface area contributed by atoms with Crippen molar-refractivity contribution < 1.29 is 14.3 Å². The van der Waals surface area contributed by atoms with Crippen LogP contribution in [-0.2, 0) is 16.0 Å². The molecule has 0 bridgehead atoms.